The SMILES string of the molecule is CC1c2ccccc2C2=CC=CCC21C. The monoisotopic (exact) mass is 196 g/mol. The molecule has 2 atom stereocenters. The normalized spacial score (nSPS) is 32.1. The fourth-order valence-corrected chi connectivity index (χ4v) is 3.05. The average molecular weight is 196 g/mol. The average Bonchev–Trinajstić information content (AvgIpc) is 2.50. The first kappa shape index (κ1) is 8.96. The molecule has 2 aliphatic carbocycles. The van der Waals surface area contributed by atoms with E-state index in [-0.39, 0.29) is 0 Å². The minimum absolute atomic E-state index is 0.332. The van der Waals surface area contributed by atoms with Crippen molar-refractivity contribution < 1.29 is 0 Å². The lowest BCUT2D eigenvalue weighted by atomic mass is 9.72. The first-order valence-electron chi connectivity index (χ1n) is 5.70. The van der Waals surface area contributed by atoms with Gasteiger partial charge in [0, 0.05) is 5.41 Å². The van der Waals surface area contributed by atoms with Crippen molar-refractivity contribution >= 4 is 5.57 Å². The minimum Gasteiger partial charge on any atom is -0.0836 e. The maximum absolute atomic E-state index is 2.40. The number of hydrogen-bond acceptors (Lipinski definition) is 0. The molecule has 0 saturated heterocycles. The van der Waals surface area contributed by atoms with Crippen LogP contribution in [0, 0.1) is 5.41 Å². The van der Waals surface area contributed by atoms with Crippen molar-refractivity contribution in [2.75, 3.05) is 0 Å². The van der Waals surface area contributed by atoms with Gasteiger partial charge in [0.2, 0.25) is 0 Å². The molecule has 0 heterocycles. The van der Waals surface area contributed by atoms with E-state index in [2.05, 4.69) is 56.3 Å². The molecule has 0 amide bonds. The Hall–Kier alpha value is -1.30. The Balaban J connectivity index is 2.27. The molecule has 1 aromatic carbocycles. The molecule has 2 unspecified atom stereocenters. The van der Waals surface area contributed by atoms with Crippen LogP contribution >= 0.6 is 0 Å². The zero-order valence-corrected chi connectivity index (χ0v) is 9.33. The van der Waals surface area contributed by atoms with E-state index in [9.17, 15) is 0 Å². The van der Waals surface area contributed by atoms with E-state index in [0.717, 1.165) is 0 Å². The second-order valence-electron chi connectivity index (χ2n) is 4.94. The highest BCUT2D eigenvalue weighted by Crippen LogP contribution is 2.57. The van der Waals surface area contributed by atoms with E-state index < -0.39 is 0 Å². The summed E-state index contributed by atoms with van der Waals surface area (Å²) in [6, 6.07) is 8.85. The summed E-state index contributed by atoms with van der Waals surface area (Å²) in [6.45, 7) is 4.76. The van der Waals surface area contributed by atoms with Crippen LogP contribution in [0.1, 0.15) is 37.3 Å². The third-order valence-corrected chi connectivity index (χ3v) is 4.23. The van der Waals surface area contributed by atoms with Crippen molar-refractivity contribution in [3.05, 3.63) is 53.6 Å². The number of hydrogen-bond donors (Lipinski definition) is 0. The Morgan fingerprint density at radius 1 is 1.27 bits per heavy atom. The fourth-order valence-electron chi connectivity index (χ4n) is 3.05. The zero-order valence-electron chi connectivity index (χ0n) is 9.33. The van der Waals surface area contributed by atoms with Gasteiger partial charge < -0.3 is 0 Å². The zero-order chi connectivity index (χ0) is 10.5. The molecule has 3 rings (SSSR count). The van der Waals surface area contributed by atoms with Gasteiger partial charge in [-0.2, -0.15) is 0 Å². The van der Waals surface area contributed by atoms with E-state index in [1.165, 1.54) is 23.1 Å². The van der Waals surface area contributed by atoms with Gasteiger partial charge in [0.25, 0.3) is 0 Å². The molecule has 0 N–H and O–H groups in total. The summed E-state index contributed by atoms with van der Waals surface area (Å²) in [7, 11) is 0. The largest absolute Gasteiger partial charge is 0.0836 e. The van der Waals surface area contributed by atoms with Gasteiger partial charge in [-0.15, -0.1) is 0 Å². The third-order valence-electron chi connectivity index (χ3n) is 4.23. The summed E-state index contributed by atoms with van der Waals surface area (Å²) in [5.74, 6) is 0.643. The predicted molar refractivity (Wildman–Crippen MR) is 64.7 cm³/mol. The first-order valence-corrected chi connectivity index (χ1v) is 5.70. The lowest BCUT2D eigenvalue weighted by Crippen LogP contribution is -2.19. The van der Waals surface area contributed by atoms with Crippen LogP contribution in [0.4, 0.5) is 0 Å². The van der Waals surface area contributed by atoms with Crippen LogP contribution in [0.3, 0.4) is 0 Å². The van der Waals surface area contributed by atoms with Gasteiger partial charge in [-0.1, -0.05) is 56.3 Å². The van der Waals surface area contributed by atoms with Crippen molar-refractivity contribution in [2.45, 2.75) is 26.2 Å². The van der Waals surface area contributed by atoms with Crippen LogP contribution in [-0.4, -0.2) is 0 Å². The molecule has 0 saturated carbocycles. The van der Waals surface area contributed by atoms with Crippen LogP contribution in [0.25, 0.3) is 5.57 Å². The van der Waals surface area contributed by atoms with Crippen molar-refractivity contribution in [1.29, 1.82) is 0 Å². The maximum Gasteiger partial charge on any atom is 0.00315 e. The fraction of sp³-hybridized carbons (Fsp3) is 0.333. The van der Waals surface area contributed by atoms with Crippen LogP contribution in [0.5, 0.6) is 0 Å². The van der Waals surface area contributed by atoms with E-state index in [1.807, 2.05) is 0 Å². The van der Waals surface area contributed by atoms with Crippen molar-refractivity contribution in [3.63, 3.8) is 0 Å². The van der Waals surface area contributed by atoms with Gasteiger partial charge in [0.1, 0.15) is 0 Å². The number of fused-ring (bicyclic) bond motifs is 3. The molecule has 0 aromatic heterocycles. The van der Waals surface area contributed by atoms with Gasteiger partial charge in [-0.3, -0.25) is 0 Å². The number of allylic oxidation sites excluding steroid dienone is 4. The smallest absolute Gasteiger partial charge is 0.00315 e. The minimum atomic E-state index is 0.332. The van der Waals surface area contributed by atoms with E-state index in [1.54, 1.807) is 0 Å². The summed E-state index contributed by atoms with van der Waals surface area (Å²) >= 11 is 0. The standard InChI is InChI=1S/C15H16/c1-11-12-7-3-4-8-13(12)14-9-5-6-10-15(11,14)2/h3-9,11H,10H2,1-2H3. The Labute approximate surface area is 91.3 Å². The molecule has 0 nitrogen and oxygen atoms in total. The highest BCUT2D eigenvalue weighted by molar-refractivity contribution is 5.80. The topological polar surface area (TPSA) is 0 Å². The van der Waals surface area contributed by atoms with Gasteiger partial charge in [0.15, 0.2) is 0 Å². The molecule has 0 bridgehead atoms. The van der Waals surface area contributed by atoms with Gasteiger partial charge in [-0.25, -0.2) is 0 Å². The summed E-state index contributed by atoms with van der Waals surface area (Å²) in [6.07, 6.45) is 7.97. The van der Waals surface area contributed by atoms with Crippen LogP contribution in [0.15, 0.2) is 42.5 Å². The van der Waals surface area contributed by atoms with Crippen molar-refractivity contribution in [2.24, 2.45) is 5.41 Å². The Morgan fingerprint density at radius 2 is 2.07 bits per heavy atom. The second kappa shape index (κ2) is 2.85. The summed E-state index contributed by atoms with van der Waals surface area (Å²) in [4.78, 5) is 0. The summed E-state index contributed by atoms with van der Waals surface area (Å²) in [5.41, 5.74) is 4.86. The number of rotatable bonds is 0. The molecule has 0 fully saturated rings. The third kappa shape index (κ3) is 1.02. The molecule has 2 aliphatic rings. The van der Waals surface area contributed by atoms with Gasteiger partial charge in [-0.05, 0) is 29.0 Å². The Bertz CT molecular complexity index is 465. The lowest BCUT2D eigenvalue weighted by molar-refractivity contribution is 0.392. The molecule has 0 heteroatoms. The molecule has 0 spiro atoms. The molecule has 1 aromatic rings. The molecule has 0 radical (unpaired) electrons. The quantitative estimate of drug-likeness (QED) is 0.584. The molecule has 0 aliphatic heterocycles. The van der Waals surface area contributed by atoms with Crippen LogP contribution in [0.2, 0.25) is 0 Å². The van der Waals surface area contributed by atoms with Crippen molar-refractivity contribution in [1.82, 2.24) is 0 Å². The second-order valence-corrected chi connectivity index (χ2v) is 4.94. The van der Waals surface area contributed by atoms with Crippen LogP contribution < -0.4 is 0 Å². The first-order chi connectivity index (χ1) is 7.23. The van der Waals surface area contributed by atoms with E-state index in [0.29, 0.717) is 11.3 Å². The highest BCUT2D eigenvalue weighted by Gasteiger charge is 2.43. The van der Waals surface area contributed by atoms with Crippen molar-refractivity contribution in [3.8, 4) is 0 Å². The Morgan fingerprint density at radius 3 is 2.93 bits per heavy atom. The highest BCUT2D eigenvalue weighted by atomic mass is 14.5. The predicted octanol–water partition coefficient (Wildman–Crippen LogP) is 4.15. The summed E-state index contributed by atoms with van der Waals surface area (Å²) < 4.78 is 0. The number of benzene rings is 1. The lowest BCUT2D eigenvalue weighted by Gasteiger charge is -2.32. The van der Waals surface area contributed by atoms with Gasteiger partial charge >= 0.3 is 0 Å². The maximum atomic E-state index is 2.40. The summed E-state index contributed by atoms with van der Waals surface area (Å²) in [5, 5.41) is 0. The molecular formula is C15H16. The van der Waals surface area contributed by atoms with Gasteiger partial charge in [0.05, 0.1) is 0 Å². The van der Waals surface area contributed by atoms with E-state index >= 15 is 0 Å². The van der Waals surface area contributed by atoms with Crippen LogP contribution in [-0.2, 0) is 0 Å². The van der Waals surface area contributed by atoms with E-state index in [4.69, 9.17) is 0 Å². The molecule has 15 heavy (non-hydrogen) atoms. The Kier molecular flexibility index (Phi) is 1.70. The molecular weight excluding hydrogens is 180 g/mol. The molecule has 76 valence electrons.